The highest BCUT2D eigenvalue weighted by molar-refractivity contribution is 5.44. The summed E-state index contributed by atoms with van der Waals surface area (Å²) in [6, 6.07) is 5.63. The molecule has 24 heavy (non-hydrogen) atoms. The molecule has 2 aromatic rings. The molecule has 1 aliphatic rings. The lowest BCUT2D eigenvalue weighted by Crippen LogP contribution is -2.24. The first-order valence-electron chi connectivity index (χ1n) is 8.22. The number of aliphatic hydroxyl groups excluding tert-OH is 1. The average Bonchev–Trinajstić information content (AvgIpc) is 2.78. The lowest BCUT2D eigenvalue weighted by atomic mass is 10.1. The number of fused-ring (bicyclic) bond motifs is 1. The number of aryl methyl sites for hydroxylation is 2. The zero-order valence-electron chi connectivity index (χ0n) is 14.4. The summed E-state index contributed by atoms with van der Waals surface area (Å²) in [5, 5.41) is 14.5. The van der Waals surface area contributed by atoms with Gasteiger partial charge in [-0.3, -0.25) is 4.90 Å². The Hall–Kier alpha value is -2.05. The Morgan fingerprint density at radius 2 is 1.96 bits per heavy atom. The van der Waals surface area contributed by atoms with Gasteiger partial charge in [-0.05, 0) is 38.6 Å². The first-order valence-corrected chi connectivity index (χ1v) is 8.22. The molecule has 6 nitrogen and oxygen atoms in total. The molecule has 1 aromatic carbocycles. The van der Waals surface area contributed by atoms with E-state index in [1.807, 2.05) is 39.1 Å². The predicted octanol–water partition coefficient (Wildman–Crippen LogP) is 2.62. The fraction of sp³-hybridized carbons (Fsp3) is 0.500. The van der Waals surface area contributed by atoms with Gasteiger partial charge in [0.1, 0.15) is 5.76 Å². The van der Waals surface area contributed by atoms with Crippen LogP contribution in [0.25, 0.3) is 0 Å². The van der Waals surface area contributed by atoms with Gasteiger partial charge in [-0.1, -0.05) is 11.2 Å². The number of aromatic nitrogens is 1. The van der Waals surface area contributed by atoms with Crippen molar-refractivity contribution < 1.29 is 19.1 Å². The Kier molecular flexibility index (Phi) is 5.06. The van der Waals surface area contributed by atoms with Crippen LogP contribution in [0.15, 0.2) is 22.7 Å². The summed E-state index contributed by atoms with van der Waals surface area (Å²) in [7, 11) is 1.97. The zero-order valence-corrected chi connectivity index (χ0v) is 14.4. The van der Waals surface area contributed by atoms with Crippen LogP contribution in [-0.2, 0) is 6.54 Å². The molecule has 0 fully saturated rings. The van der Waals surface area contributed by atoms with E-state index in [0.29, 0.717) is 32.1 Å². The number of benzene rings is 1. The van der Waals surface area contributed by atoms with Crippen molar-refractivity contribution in [3.05, 3.63) is 40.8 Å². The van der Waals surface area contributed by atoms with Gasteiger partial charge in [0, 0.05) is 25.1 Å². The van der Waals surface area contributed by atoms with Crippen LogP contribution in [0.4, 0.5) is 0 Å². The molecular weight excluding hydrogens is 308 g/mol. The van der Waals surface area contributed by atoms with Gasteiger partial charge in [0.05, 0.1) is 25.0 Å². The Balaban J connectivity index is 1.66. The largest absolute Gasteiger partial charge is 0.490 e. The molecule has 2 heterocycles. The molecule has 0 bridgehead atoms. The molecule has 0 amide bonds. The number of aliphatic hydroxyl groups is 1. The number of likely N-dealkylation sites (N-methyl/N-ethyl adjacent to an activating group) is 1. The van der Waals surface area contributed by atoms with Crippen LogP contribution in [0.3, 0.4) is 0 Å². The van der Waals surface area contributed by atoms with E-state index in [9.17, 15) is 5.11 Å². The maximum atomic E-state index is 10.6. The molecule has 0 saturated heterocycles. The van der Waals surface area contributed by atoms with Crippen molar-refractivity contribution >= 4 is 0 Å². The van der Waals surface area contributed by atoms with Gasteiger partial charge < -0.3 is 19.1 Å². The lowest BCUT2D eigenvalue weighted by molar-refractivity contribution is 0.123. The van der Waals surface area contributed by atoms with Gasteiger partial charge in [0.15, 0.2) is 11.5 Å². The third-order valence-corrected chi connectivity index (χ3v) is 4.25. The molecule has 1 N–H and O–H groups in total. The van der Waals surface area contributed by atoms with E-state index in [2.05, 4.69) is 10.1 Å². The average molecular weight is 332 g/mol. The second-order valence-electron chi connectivity index (χ2n) is 6.27. The molecule has 1 aromatic heterocycles. The maximum Gasteiger partial charge on any atom is 0.161 e. The number of rotatable bonds is 5. The van der Waals surface area contributed by atoms with E-state index in [1.165, 1.54) is 0 Å². The smallest absolute Gasteiger partial charge is 0.161 e. The first-order chi connectivity index (χ1) is 11.5. The summed E-state index contributed by atoms with van der Waals surface area (Å²) < 4.78 is 16.5. The van der Waals surface area contributed by atoms with Crippen molar-refractivity contribution in [1.82, 2.24) is 10.1 Å². The third-order valence-electron chi connectivity index (χ3n) is 4.25. The summed E-state index contributed by atoms with van der Waals surface area (Å²) in [5.41, 5.74) is 2.79. The minimum absolute atomic E-state index is 0.504. The minimum atomic E-state index is -0.604. The molecule has 0 radical (unpaired) electrons. The Labute approximate surface area is 142 Å². The van der Waals surface area contributed by atoms with Crippen molar-refractivity contribution in [2.45, 2.75) is 32.9 Å². The summed E-state index contributed by atoms with van der Waals surface area (Å²) in [6.07, 6.45) is 0.264. The normalized spacial score (nSPS) is 15.4. The van der Waals surface area contributed by atoms with Crippen LogP contribution < -0.4 is 9.47 Å². The van der Waals surface area contributed by atoms with Crippen molar-refractivity contribution in [2.75, 3.05) is 26.8 Å². The predicted molar refractivity (Wildman–Crippen MR) is 89.3 cm³/mol. The molecular formula is C18H24N2O4. The molecule has 0 aliphatic carbocycles. The monoisotopic (exact) mass is 332 g/mol. The minimum Gasteiger partial charge on any atom is -0.490 e. The van der Waals surface area contributed by atoms with E-state index >= 15 is 0 Å². The van der Waals surface area contributed by atoms with Gasteiger partial charge in [0.25, 0.3) is 0 Å². The highest BCUT2D eigenvalue weighted by atomic mass is 16.5. The van der Waals surface area contributed by atoms with E-state index < -0.39 is 6.10 Å². The number of nitrogens with zero attached hydrogens (tertiary/aromatic N) is 2. The maximum absolute atomic E-state index is 10.6. The van der Waals surface area contributed by atoms with Gasteiger partial charge in [-0.25, -0.2) is 0 Å². The van der Waals surface area contributed by atoms with Crippen molar-refractivity contribution in [1.29, 1.82) is 0 Å². The van der Waals surface area contributed by atoms with Crippen LogP contribution in [0.1, 0.15) is 35.1 Å². The highest BCUT2D eigenvalue weighted by Gasteiger charge is 2.18. The number of hydrogen-bond acceptors (Lipinski definition) is 6. The summed E-state index contributed by atoms with van der Waals surface area (Å²) >= 11 is 0. The Morgan fingerprint density at radius 1 is 1.21 bits per heavy atom. The molecule has 1 atom stereocenters. The van der Waals surface area contributed by atoms with Crippen molar-refractivity contribution in [3.63, 3.8) is 0 Å². The van der Waals surface area contributed by atoms with E-state index in [0.717, 1.165) is 34.8 Å². The fourth-order valence-electron chi connectivity index (χ4n) is 2.85. The van der Waals surface area contributed by atoms with Crippen LogP contribution >= 0.6 is 0 Å². The number of hydrogen-bond donors (Lipinski definition) is 1. The second-order valence-corrected chi connectivity index (χ2v) is 6.27. The van der Waals surface area contributed by atoms with Crippen molar-refractivity contribution in [3.8, 4) is 11.5 Å². The van der Waals surface area contributed by atoms with E-state index in [4.69, 9.17) is 14.0 Å². The van der Waals surface area contributed by atoms with Gasteiger partial charge in [0.2, 0.25) is 0 Å². The Bertz CT molecular complexity index is 679. The molecule has 6 heteroatoms. The standard InChI is InChI=1S/C18H24N2O4/c1-12-15(13(2)24-19-12)10-20(3)11-16(21)14-5-6-17-18(9-14)23-8-4-7-22-17/h5-6,9,16,21H,4,7-8,10-11H2,1-3H3/t16-/m1/s1. The fourth-order valence-corrected chi connectivity index (χ4v) is 2.85. The first kappa shape index (κ1) is 16.8. The zero-order chi connectivity index (χ0) is 17.1. The summed E-state index contributed by atoms with van der Waals surface area (Å²) in [6.45, 7) is 6.32. The SMILES string of the molecule is Cc1noc(C)c1CN(C)C[C@@H](O)c1ccc2c(c1)OCCCO2. The van der Waals surface area contributed by atoms with Crippen LogP contribution in [0, 0.1) is 13.8 Å². The number of ether oxygens (including phenoxy) is 2. The molecule has 0 spiro atoms. The second kappa shape index (κ2) is 7.23. The lowest BCUT2D eigenvalue weighted by Gasteiger charge is -2.21. The molecule has 3 rings (SSSR count). The quantitative estimate of drug-likeness (QED) is 0.908. The van der Waals surface area contributed by atoms with Gasteiger partial charge in [-0.15, -0.1) is 0 Å². The topological polar surface area (TPSA) is 68.0 Å². The van der Waals surface area contributed by atoms with Crippen LogP contribution in [0.5, 0.6) is 11.5 Å². The van der Waals surface area contributed by atoms with Crippen molar-refractivity contribution in [2.24, 2.45) is 0 Å². The molecule has 130 valence electrons. The third kappa shape index (κ3) is 3.71. The molecule has 0 saturated carbocycles. The summed E-state index contributed by atoms with van der Waals surface area (Å²) in [4.78, 5) is 2.06. The molecule has 1 aliphatic heterocycles. The van der Waals surface area contributed by atoms with Crippen LogP contribution in [0.2, 0.25) is 0 Å². The highest BCUT2D eigenvalue weighted by Crippen LogP contribution is 2.32. The van der Waals surface area contributed by atoms with E-state index in [-0.39, 0.29) is 0 Å². The van der Waals surface area contributed by atoms with E-state index in [1.54, 1.807) is 0 Å². The van der Waals surface area contributed by atoms with Crippen LogP contribution in [-0.4, -0.2) is 42.0 Å². The summed E-state index contributed by atoms with van der Waals surface area (Å²) in [5.74, 6) is 2.27. The van der Waals surface area contributed by atoms with Gasteiger partial charge >= 0.3 is 0 Å². The Morgan fingerprint density at radius 3 is 2.67 bits per heavy atom. The molecule has 0 unspecified atom stereocenters. The van der Waals surface area contributed by atoms with Gasteiger partial charge in [-0.2, -0.15) is 0 Å².